The monoisotopic (exact) mass is 292 g/mol. The molecule has 1 amide bonds. The number of nitrogens with one attached hydrogen (secondary N) is 1. The molecule has 0 saturated heterocycles. The molecular weight excluding hydrogens is 276 g/mol. The molecule has 0 fully saturated rings. The topological polar surface area (TPSA) is 45.5 Å². The van der Waals surface area contributed by atoms with Crippen LogP contribution in [0.25, 0.3) is 0 Å². The summed E-state index contributed by atoms with van der Waals surface area (Å²) in [6.45, 7) is 1.81. The van der Waals surface area contributed by atoms with E-state index in [9.17, 15) is 4.79 Å². The minimum atomic E-state index is -0.291. The van der Waals surface area contributed by atoms with Gasteiger partial charge in [-0.25, -0.2) is 0 Å². The standard InChI is InChI=1S/C18H16N2O2/c1-14-12-13-17(22-14)18(21)19-20(15-8-4-2-5-9-15)16-10-6-3-7-11-16/h2-13H,1H3,(H,19,21). The first-order valence-corrected chi connectivity index (χ1v) is 7.02. The van der Waals surface area contributed by atoms with Crippen LogP contribution in [-0.4, -0.2) is 5.91 Å². The van der Waals surface area contributed by atoms with Crippen LogP contribution in [0.3, 0.4) is 0 Å². The molecule has 3 aromatic rings. The van der Waals surface area contributed by atoms with Gasteiger partial charge in [-0.15, -0.1) is 0 Å². The Morgan fingerprint density at radius 3 is 1.86 bits per heavy atom. The van der Waals surface area contributed by atoms with E-state index in [0.717, 1.165) is 11.4 Å². The Hall–Kier alpha value is -3.01. The zero-order chi connectivity index (χ0) is 15.4. The van der Waals surface area contributed by atoms with Gasteiger partial charge in [-0.1, -0.05) is 36.4 Å². The molecule has 1 heterocycles. The van der Waals surface area contributed by atoms with Crippen molar-refractivity contribution in [3.63, 3.8) is 0 Å². The highest BCUT2D eigenvalue weighted by molar-refractivity contribution is 5.93. The van der Waals surface area contributed by atoms with Crippen molar-refractivity contribution in [1.29, 1.82) is 0 Å². The van der Waals surface area contributed by atoms with Crippen molar-refractivity contribution in [2.45, 2.75) is 6.92 Å². The van der Waals surface area contributed by atoms with Crippen LogP contribution in [0.15, 0.2) is 77.2 Å². The Balaban J connectivity index is 1.91. The van der Waals surface area contributed by atoms with Crippen LogP contribution in [0.1, 0.15) is 16.3 Å². The lowest BCUT2D eigenvalue weighted by atomic mass is 10.2. The van der Waals surface area contributed by atoms with Crippen molar-refractivity contribution in [3.05, 3.63) is 84.3 Å². The molecule has 2 aromatic carbocycles. The molecule has 0 atom stereocenters. The highest BCUT2D eigenvalue weighted by atomic mass is 16.3. The van der Waals surface area contributed by atoms with Gasteiger partial charge in [0.2, 0.25) is 0 Å². The zero-order valence-electron chi connectivity index (χ0n) is 12.2. The van der Waals surface area contributed by atoms with Gasteiger partial charge in [0, 0.05) is 0 Å². The molecule has 0 aliphatic carbocycles. The van der Waals surface area contributed by atoms with Crippen molar-refractivity contribution < 1.29 is 9.21 Å². The molecule has 110 valence electrons. The zero-order valence-corrected chi connectivity index (χ0v) is 12.2. The highest BCUT2D eigenvalue weighted by Crippen LogP contribution is 2.23. The molecule has 0 radical (unpaired) electrons. The van der Waals surface area contributed by atoms with Gasteiger partial charge in [0.05, 0.1) is 11.4 Å². The molecule has 0 unspecified atom stereocenters. The van der Waals surface area contributed by atoms with Gasteiger partial charge in [-0.05, 0) is 43.3 Å². The van der Waals surface area contributed by atoms with E-state index in [1.54, 1.807) is 17.1 Å². The predicted octanol–water partition coefficient (Wildman–Crippen LogP) is 4.07. The van der Waals surface area contributed by atoms with Gasteiger partial charge in [-0.2, -0.15) is 0 Å². The van der Waals surface area contributed by atoms with Crippen LogP contribution in [0.5, 0.6) is 0 Å². The van der Waals surface area contributed by atoms with Gasteiger partial charge < -0.3 is 4.42 Å². The molecule has 1 aromatic heterocycles. The first-order chi connectivity index (χ1) is 10.7. The van der Waals surface area contributed by atoms with Crippen molar-refractivity contribution in [2.75, 3.05) is 5.01 Å². The summed E-state index contributed by atoms with van der Waals surface area (Å²) in [6.07, 6.45) is 0. The Morgan fingerprint density at radius 1 is 0.864 bits per heavy atom. The molecule has 22 heavy (non-hydrogen) atoms. The number of carbonyl (C=O) groups excluding carboxylic acids is 1. The number of carbonyl (C=O) groups is 1. The number of hydrogen-bond donors (Lipinski definition) is 1. The number of furan rings is 1. The summed E-state index contributed by atoms with van der Waals surface area (Å²) in [5.74, 6) is 0.700. The van der Waals surface area contributed by atoms with Gasteiger partial charge in [0.1, 0.15) is 5.76 Å². The largest absolute Gasteiger partial charge is 0.456 e. The molecule has 0 saturated carbocycles. The predicted molar refractivity (Wildman–Crippen MR) is 85.9 cm³/mol. The lowest BCUT2D eigenvalue weighted by Crippen LogP contribution is -2.38. The number of rotatable bonds is 4. The normalized spacial score (nSPS) is 10.2. The number of nitrogens with zero attached hydrogens (tertiary/aromatic N) is 1. The minimum absolute atomic E-state index is 0.286. The molecule has 4 nitrogen and oxygen atoms in total. The van der Waals surface area contributed by atoms with Crippen LogP contribution in [0.4, 0.5) is 11.4 Å². The summed E-state index contributed by atoms with van der Waals surface area (Å²) >= 11 is 0. The lowest BCUT2D eigenvalue weighted by Gasteiger charge is -2.24. The number of anilines is 2. The summed E-state index contributed by atoms with van der Waals surface area (Å²) < 4.78 is 5.38. The van der Waals surface area contributed by atoms with Crippen LogP contribution < -0.4 is 10.4 Å². The first-order valence-electron chi connectivity index (χ1n) is 7.02. The summed E-state index contributed by atoms with van der Waals surface area (Å²) in [5.41, 5.74) is 4.61. The van der Waals surface area contributed by atoms with E-state index in [1.807, 2.05) is 67.6 Å². The van der Waals surface area contributed by atoms with Crippen LogP contribution >= 0.6 is 0 Å². The van der Waals surface area contributed by atoms with Crippen molar-refractivity contribution in [2.24, 2.45) is 0 Å². The van der Waals surface area contributed by atoms with Crippen molar-refractivity contribution >= 4 is 17.3 Å². The molecule has 0 bridgehead atoms. The molecule has 3 rings (SSSR count). The molecule has 0 spiro atoms. The second kappa shape index (κ2) is 6.18. The maximum Gasteiger partial charge on any atom is 0.305 e. The van der Waals surface area contributed by atoms with Gasteiger partial charge in [-0.3, -0.25) is 15.2 Å². The van der Waals surface area contributed by atoms with Crippen LogP contribution in [-0.2, 0) is 0 Å². The Kier molecular flexibility index (Phi) is 3.92. The summed E-state index contributed by atoms with van der Waals surface area (Å²) in [7, 11) is 0. The van der Waals surface area contributed by atoms with Crippen molar-refractivity contribution in [1.82, 2.24) is 5.43 Å². The van der Waals surface area contributed by atoms with Gasteiger partial charge in [0.25, 0.3) is 0 Å². The average Bonchev–Trinajstić information content (AvgIpc) is 3.01. The molecule has 0 aliphatic heterocycles. The van der Waals surface area contributed by atoms with Crippen LogP contribution in [0.2, 0.25) is 0 Å². The third-order valence-electron chi connectivity index (χ3n) is 3.21. The third kappa shape index (κ3) is 3.01. The third-order valence-corrected chi connectivity index (χ3v) is 3.21. The van der Waals surface area contributed by atoms with Gasteiger partial charge in [0.15, 0.2) is 5.76 Å². The maximum atomic E-state index is 12.4. The van der Waals surface area contributed by atoms with E-state index in [1.165, 1.54) is 0 Å². The van der Waals surface area contributed by atoms with E-state index in [4.69, 9.17) is 4.42 Å². The fraction of sp³-hybridized carbons (Fsp3) is 0.0556. The number of aryl methyl sites for hydroxylation is 1. The van der Waals surface area contributed by atoms with Crippen molar-refractivity contribution in [3.8, 4) is 0 Å². The average molecular weight is 292 g/mol. The number of para-hydroxylation sites is 2. The number of amides is 1. The second-order valence-electron chi connectivity index (χ2n) is 4.86. The molecule has 0 aliphatic rings. The van der Waals surface area contributed by atoms with Crippen LogP contribution in [0, 0.1) is 6.92 Å². The van der Waals surface area contributed by atoms with E-state index in [0.29, 0.717) is 5.76 Å². The minimum Gasteiger partial charge on any atom is -0.456 e. The fourth-order valence-corrected chi connectivity index (χ4v) is 2.15. The Bertz CT molecular complexity index is 712. The van der Waals surface area contributed by atoms with E-state index < -0.39 is 0 Å². The highest BCUT2D eigenvalue weighted by Gasteiger charge is 2.16. The Labute approximate surface area is 129 Å². The maximum absolute atomic E-state index is 12.4. The lowest BCUT2D eigenvalue weighted by molar-refractivity contribution is 0.0925. The molecule has 4 heteroatoms. The SMILES string of the molecule is Cc1ccc(C(=O)NN(c2ccccc2)c2ccccc2)o1. The summed E-state index contributed by atoms with van der Waals surface area (Å²) in [6, 6.07) is 22.7. The van der Waals surface area contributed by atoms with Gasteiger partial charge >= 0.3 is 5.91 Å². The number of benzene rings is 2. The smallest absolute Gasteiger partial charge is 0.305 e. The number of hydrazine groups is 1. The second-order valence-corrected chi connectivity index (χ2v) is 4.86. The van der Waals surface area contributed by atoms with E-state index in [2.05, 4.69) is 5.43 Å². The quantitative estimate of drug-likeness (QED) is 0.737. The number of hydrogen-bond acceptors (Lipinski definition) is 3. The van der Waals surface area contributed by atoms with E-state index >= 15 is 0 Å². The molecular formula is C18H16N2O2. The fourth-order valence-electron chi connectivity index (χ4n) is 2.15. The summed E-state index contributed by atoms with van der Waals surface area (Å²) in [4.78, 5) is 12.4. The summed E-state index contributed by atoms with van der Waals surface area (Å²) in [5, 5.41) is 1.74. The van der Waals surface area contributed by atoms with E-state index in [-0.39, 0.29) is 11.7 Å². The molecule has 1 N–H and O–H groups in total. The Morgan fingerprint density at radius 2 is 1.41 bits per heavy atom. The first kappa shape index (κ1) is 13.9.